The summed E-state index contributed by atoms with van der Waals surface area (Å²) in [6, 6.07) is 5.69. The topological polar surface area (TPSA) is 52.3 Å². The van der Waals surface area contributed by atoms with Crippen molar-refractivity contribution in [2.24, 2.45) is 5.73 Å². The average Bonchev–Trinajstić information content (AvgIpc) is 2.57. The summed E-state index contributed by atoms with van der Waals surface area (Å²) in [6.07, 6.45) is 3.74. The van der Waals surface area contributed by atoms with Gasteiger partial charge in [-0.15, -0.1) is 0 Å². The van der Waals surface area contributed by atoms with Crippen molar-refractivity contribution in [2.75, 3.05) is 6.54 Å². The van der Waals surface area contributed by atoms with Gasteiger partial charge < -0.3 is 10.5 Å². The second-order valence-electron chi connectivity index (χ2n) is 3.13. The number of nitrogens with two attached hydrogens (primary N) is 1. The Bertz CT molecular complexity index is 396. The zero-order chi connectivity index (χ0) is 9.97. The molecule has 1 aliphatic heterocycles. The van der Waals surface area contributed by atoms with Crippen molar-refractivity contribution in [1.29, 1.82) is 0 Å². The van der Waals surface area contributed by atoms with Gasteiger partial charge in [-0.05, 0) is 11.6 Å². The first-order chi connectivity index (χ1) is 6.81. The number of carbonyl (C=O) groups is 1. The number of benzene rings is 1. The second-order valence-corrected chi connectivity index (χ2v) is 3.13. The largest absolute Gasteiger partial charge is 0.457 e. The molecule has 0 saturated heterocycles. The third-order valence-electron chi connectivity index (χ3n) is 2.16. The number of hydrogen-bond donors (Lipinski definition) is 1. The van der Waals surface area contributed by atoms with Gasteiger partial charge in [0, 0.05) is 12.1 Å². The molecule has 3 heteroatoms. The van der Waals surface area contributed by atoms with E-state index in [1.165, 1.54) is 0 Å². The highest BCUT2D eigenvalue weighted by atomic mass is 16.5. The molecule has 0 unspecified atom stereocenters. The number of esters is 1. The van der Waals surface area contributed by atoms with Crippen LogP contribution in [0.15, 0.2) is 24.3 Å². The van der Waals surface area contributed by atoms with Gasteiger partial charge in [-0.3, -0.25) is 0 Å². The van der Waals surface area contributed by atoms with E-state index < -0.39 is 0 Å². The van der Waals surface area contributed by atoms with Crippen LogP contribution < -0.4 is 5.73 Å². The van der Waals surface area contributed by atoms with Crippen molar-refractivity contribution in [1.82, 2.24) is 0 Å². The van der Waals surface area contributed by atoms with E-state index in [0.717, 1.165) is 11.1 Å². The first-order valence-corrected chi connectivity index (χ1v) is 4.48. The summed E-state index contributed by atoms with van der Waals surface area (Å²) in [6.45, 7) is 0.899. The third-order valence-corrected chi connectivity index (χ3v) is 2.16. The fourth-order valence-corrected chi connectivity index (χ4v) is 1.44. The first kappa shape index (κ1) is 8.97. The van der Waals surface area contributed by atoms with Gasteiger partial charge in [0.25, 0.3) is 0 Å². The van der Waals surface area contributed by atoms with Gasteiger partial charge in [-0.2, -0.15) is 0 Å². The predicted molar refractivity (Wildman–Crippen MR) is 53.6 cm³/mol. The van der Waals surface area contributed by atoms with Crippen LogP contribution in [0.25, 0.3) is 6.08 Å². The van der Waals surface area contributed by atoms with Crippen molar-refractivity contribution in [2.45, 2.75) is 6.61 Å². The normalized spacial score (nSPS) is 14.5. The maximum absolute atomic E-state index is 11.2. The molecule has 1 aromatic rings. The van der Waals surface area contributed by atoms with Crippen molar-refractivity contribution < 1.29 is 9.53 Å². The first-order valence-electron chi connectivity index (χ1n) is 4.48. The molecular weight excluding hydrogens is 178 g/mol. The van der Waals surface area contributed by atoms with Crippen molar-refractivity contribution in [3.8, 4) is 0 Å². The summed E-state index contributed by atoms with van der Waals surface area (Å²) in [7, 11) is 0. The molecule has 0 fully saturated rings. The molecule has 1 heterocycles. The van der Waals surface area contributed by atoms with Crippen LogP contribution in [0.5, 0.6) is 0 Å². The van der Waals surface area contributed by atoms with Crippen LogP contribution in [0.2, 0.25) is 0 Å². The van der Waals surface area contributed by atoms with Gasteiger partial charge >= 0.3 is 5.97 Å². The molecular formula is C11H11NO2. The van der Waals surface area contributed by atoms with E-state index in [0.29, 0.717) is 18.7 Å². The molecule has 1 aliphatic rings. The number of ether oxygens (including phenoxy) is 1. The van der Waals surface area contributed by atoms with Crippen LogP contribution in [0.3, 0.4) is 0 Å². The van der Waals surface area contributed by atoms with Crippen LogP contribution in [0.4, 0.5) is 0 Å². The minimum absolute atomic E-state index is 0.233. The molecule has 3 nitrogen and oxygen atoms in total. The van der Waals surface area contributed by atoms with Crippen LogP contribution in [0.1, 0.15) is 21.5 Å². The van der Waals surface area contributed by atoms with Crippen LogP contribution >= 0.6 is 0 Å². The lowest BCUT2D eigenvalue weighted by Gasteiger charge is -1.96. The Morgan fingerprint density at radius 2 is 2.36 bits per heavy atom. The zero-order valence-electron chi connectivity index (χ0n) is 7.69. The van der Waals surface area contributed by atoms with E-state index in [2.05, 4.69) is 0 Å². The molecule has 72 valence electrons. The Morgan fingerprint density at radius 1 is 1.50 bits per heavy atom. The van der Waals surface area contributed by atoms with Crippen LogP contribution in [0, 0.1) is 0 Å². The Kier molecular flexibility index (Phi) is 2.33. The van der Waals surface area contributed by atoms with Crippen LogP contribution in [-0.4, -0.2) is 12.5 Å². The highest BCUT2D eigenvalue weighted by molar-refractivity contribution is 5.94. The number of rotatable bonds is 2. The monoisotopic (exact) mass is 189 g/mol. The summed E-state index contributed by atoms with van der Waals surface area (Å²) < 4.78 is 4.90. The maximum atomic E-state index is 11.2. The average molecular weight is 189 g/mol. The summed E-state index contributed by atoms with van der Waals surface area (Å²) >= 11 is 0. The van der Waals surface area contributed by atoms with E-state index in [4.69, 9.17) is 10.5 Å². The molecule has 0 saturated carbocycles. The Labute approximate surface area is 82.2 Å². The highest BCUT2D eigenvalue weighted by Crippen LogP contribution is 2.21. The van der Waals surface area contributed by atoms with Gasteiger partial charge in [0.1, 0.15) is 6.61 Å². The Hall–Kier alpha value is -1.61. The molecule has 0 spiro atoms. The molecule has 0 atom stereocenters. The van der Waals surface area contributed by atoms with Crippen LogP contribution in [-0.2, 0) is 11.3 Å². The number of fused-ring (bicyclic) bond motifs is 1. The molecule has 2 N–H and O–H groups in total. The lowest BCUT2D eigenvalue weighted by Crippen LogP contribution is -1.94. The molecule has 14 heavy (non-hydrogen) atoms. The summed E-state index contributed by atoms with van der Waals surface area (Å²) in [5.74, 6) is -0.233. The van der Waals surface area contributed by atoms with Crippen molar-refractivity contribution in [3.63, 3.8) is 0 Å². The fourth-order valence-electron chi connectivity index (χ4n) is 1.44. The van der Waals surface area contributed by atoms with Crippen molar-refractivity contribution >= 4 is 12.0 Å². The fraction of sp³-hybridized carbons (Fsp3) is 0.182. The lowest BCUT2D eigenvalue weighted by atomic mass is 10.1. The van der Waals surface area contributed by atoms with Gasteiger partial charge in [0.15, 0.2) is 0 Å². The molecule has 0 radical (unpaired) electrons. The Balaban J connectivity index is 2.35. The molecule has 0 aromatic heterocycles. The second kappa shape index (κ2) is 3.64. The minimum atomic E-state index is -0.233. The molecule has 1 aromatic carbocycles. The number of cyclic esters (lactones) is 1. The van der Waals surface area contributed by atoms with Gasteiger partial charge in [-0.1, -0.05) is 24.3 Å². The molecule has 2 rings (SSSR count). The summed E-state index contributed by atoms with van der Waals surface area (Å²) in [5, 5.41) is 0. The van der Waals surface area contributed by atoms with Gasteiger partial charge in [0.05, 0.1) is 5.56 Å². The van der Waals surface area contributed by atoms with E-state index in [1.54, 1.807) is 0 Å². The predicted octanol–water partition coefficient (Wildman–Crippen LogP) is 1.33. The summed E-state index contributed by atoms with van der Waals surface area (Å²) in [4.78, 5) is 11.2. The van der Waals surface area contributed by atoms with Gasteiger partial charge in [-0.25, -0.2) is 4.79 Å². The SMILES string of the molecule is NCC=Cc1ccc2c(c1)C(=O)OC2. The minimum Gasteiger partial charge on any atom is -0.457 e. The lowest BCUT2D eigenvalue weighted by molar-refractivity contribution is 0.0535. The summed E-state index contributed by atoms with van der Waals surface area (Å²) in [5.41, 5.74) is 7.95. The standard InChI is InChI=1S/C11H11NO2/c12-5-1-2-8-3-4-9-7-14-11(13)10(9)6-8/h1-4,6H,5,7,12H2. The van der Waals surface area contributed by atoms with Crippen molar-refractivity contribution in [3.05, 3.63) is 41.0 Å². The van der Waals surface area contributed by atoms with E-state index in [9.17, 15) is 4.79 Å². The number of hydrogen-bond acceptors (Lipinski definition) is 3. The Morgan fingerprint density at radius 3 is 3.14 bits per heavy atom. The third kappa shape index (κ3) is 1.54. The van der Waals surface area contributed by atoms with Gasteiger partial charge in [0.2, 0.25) is 0 Å². The zero-order valence-corrected chi connectivity index (χ0v) is 7.69. The number of carbonyl (C=O) groups excluding carboxylic acids is 1. The molecule has 0 aliphatic carbocycles. The van der Waals surface area contributed by atoms with E-state index >= 15 is 0 Å². The van der Waals surface area contributed by atoms with E-state index in [1.807, 2.05) is 30.4 Å². The highest BCUT2D eigenvalue weighted by Gasteiger charge is 2.20. The smallest absolute Gasteiger partial charge is 0.338 e. The van der Waals surface area contributed by atoms with E-state index in [-0.39, 0.29) is 5.97 Å². The molecule has 0 bridgehead atoms. The quantitative estimate of drug-likeness (QED) is 0.714. The maximum Gasteiger partial charge on any atom is 0.338 e. The molecule has 0 amide bonds.